The van der Waals surface area contributed by atoms with Gasteiger partial charge in [-0.15, -0.1) is 0 Å². The first-order chi connectivity index (χ1) is 15.3. The number of para-hydroxylation sites is 1. The van der Waals surface area contributed by atoms with Gasteiger partial charge in [0.2, 0.25) is 0 Å². The largest absolute Gasteiger partial charge is 0.384 e. The highest BCUT2D eigenvalue weighted by molar-refractivity contribution is 7.92. The number of fused-ring (bicyclic) bond motifs is 1. The first-order valence-corrected chi connectivity index (χ1v) is 12.2. The van der Waals surface area contributed by atoms with Crippen LogP contribution in [0.5, 0.6) is 0 Å². The van der Waals surface area contributed by atoms with E-state index >= 15 is 0 Å². The van der Waals surface area contributed by atoms with Crippen LogP contribution < -0.4 is 15.4 Å². The number of rotatable bonds is 6. The predicted molar refractivity (Wildman–Crippen MR) is 128 cm³/mol. The topological polar surface area (TPSA) is 87.3 Å². The minimum atomic E-state index is -3.72. The number of amides is 1. The van der Waals surface area contributed by atoms with Crippen LogP contribution in [-0.4, -0.2) is 20.9 Å². The Morgan fingerprint density at radius 2 is 1.78 bits per heavy atom. The Hall–Kier alpha value is -3.32. The molecule has 1 amide bonds. The first kappa shape index (κ1) is 21.9. The summed E-state index contributed by atoms with van der Waals surface area (Å²) in [5, 5.41) is 6.34. The molecule has 0 spiro atoms. The van der Waals surface area contributed by atoms with Gasteiger partial charge in [0.15, 0.2) is 0 Å². The van der Waals surface area contributed by atoms with Gasteiger partial charge < -0.3 is 10.6 Å². The van der Waals surface area contributed by atoms with Crippen LogP contribution in [0.4, 0.5) is 11.4 Å². The third kappa shape index (κ3) is 4.62. The lowest BCUT2D eigenvalue weighted by molar-refractivity contribution is 0.0951. The summed E-state index contributed by atoms with van der Waals surface area (Å²) in [4.78, 5) is 13.3. The van der Waals surface area contributed by atoms with Crippen molar-refractivity contribution in [3.63, 3.8) is 0 Å². The monoisotopic (exact) mass is 449 g/mol. The minimum Gasteiger partial charge on any atom is -0.384 e. The Labute approximate surface area is 189 Å². The van der Waals surface area contributed by atoms with E-state index in [-0.39, 0.29) is 17.3 Å². The lowest BCUT2D eigenvalue weighted by Crippen LogP contribution is -2.27. The Kier molecular flexibility index (Phi) is 6.19. The van der Waals surface area contributed by atoms with Gasteiger partial charge in [-0.1, -0.05) is 49.4 Å². The van der Waals surface area contributed by atoms with Gasteiger partial charge in [-0.2, -0.15) is 0 Å². The van der Waals surface area contributed by atoms with Gasteiger partial charge in [0, 0.05) is 13.1 Å². The maximum absolute atomic E-state index is 13.1. The van der Waals surface area contributed by atoms with Crippen LogP contribution in [0.15, 0.2) is 71.6 Å². The number of carbonyl (C=O) groups excluding carboxylic acids is 1. The molecule has 0 radical (unpaired) electrons. The van der Waals surface area contributed by atoms with Gasteiger partial charge in [0.25, 0.3) is 15.9 Å². The molecule has 0 bridgehead atoms. The molecule has 4 rings (SSSR count). The van der Waals surface area contributed by atoms with Crippen molar-refractivity contribution in [2.75, 3.05) is 16.6 Å². The zero-order valence-electron chi connectivity index (χ0n) is 18.2. The molecule has 1 aliphatic rings. The van der Waals surface area contributed by atoms with Gasteiger partial charge in [0.05, 0.1) is 21.8 Å². The molecular formula is C25H27N3O3S. The summed E-state index contributed by atoms with van der Waals surface area (Å²) in [6.07, 6.45) is 1.03. The molecule has 0 aromatic heterocycles. The maximum atomic E-state index is 13.1. The average molecular weight is 450 g/mol. The Balaban J connectivity index is 1.54. The van der Waals surface area contributed by atoms with Gasteiger partial charge >= 0.3 is 0 Å². The number of nitrogens with one attached hydrogen (secondary N) is 3. The molecule has 3 N–H and O–H groups in total. The van der Waals surface area contributed by atoms with E-state index in [0.717, 1.165) is 29.8 Å². The Morgan fingerprint density at radius 1 is 1.06 bits per heavy atom. The summed E-state index contributed by atoms with van der Waals surface area (Å²) in [7, 11) is -3.72. The summed E-state index contributed by atoms with van der Waals surface area (Å²) in [6, 6.07) is 19.3. The number of sulfonamides is 1. The fourth-order valence-corrected chi connectivity index (χ4v) is 5.12. The van der Waals surface area contributed by atoms with Gasteiger partial charge in [-0.3, -0.25) is 9.52 Å². The molecule has 7 heteroatoms. The second-order valence-corrected chi connectivity index (χ2v) is 9.83. The van der Waals surface area contributed by atoms with E-state index < -0.39 is 10.0 Å². The van der Waals surface area contributed by atoms with Crippen molar-refractivity contribution in [1.29, 1.82) is 0 Å². The first-order valence-electron chi connectivity index (χ1n) is 10.7. The smallest absolute Gasteiger partial charge is 0.261 e. The third-order valence-electron chi connectivity index (χ3n) is 5.72. The molecule has 0 saturated heterocycles. The predicted octanol–water partition coefficient (Wildman–Crippen LogP) is 4.64. The van der Waals surface area contributed by atoms with Crippen LogP contribution in [0.1, 0.15) is 46.3 Å². The highest BCUT2D eigenvalue weighted by Crippen LogP contribution is 2.35. The number of carbonyl (C=O) groups is 1. The van der Waals surface area contributed by atoms with Crippen molar-refractivity contribution in [2.24, 2.45) is 0 Å². The summed E-state index contributed by atoms with van der Waals surface area (Å²) in [5.74, 6) is 0.207. The highest BCUT2D eigenvalue weighted by Gasteiger charge is 2.23. The van der Waals surface area contributed by atoms with E-state index in [0.29, 0.717) is 22.7 Å². The molecule has 0 fully saturated rings. The maximum Gasteiger partial charge on any atom is 0.261 e. The lowest BCUT2D eigenvalue weighted by Gasteiger charge is -2.26. The summed E-state index contributed by atoms with van der Waals surface area (Å²) >= 11 is 0. The molecule has 3 aromatic rings. The molecular weight excluding hydrogens is 422 g/mol. The fourth-order valence-electron chi connectivity index (χ4n) is 4.00. The second-order valence-electron chi connectivity index (χ2n) is 8.15. The number of benzene rings is 3. The van der Waals surface area contributed by atoms with E-state index in [9.17, 15) is 13.2 Å². The number of hydrogen-bond acceptors (Lipinski definition) is 4. The lowest BCUT2D eigenvalue weighted by atomic mass is 9.89. The van der Waals surface area contributed by atoms with E-state index in [2.05, 4.69) is 28.3 Å². The van der Waals surface area contributed by atoms with Crippen LogP contribution >= 0.6 is 0 Å². The quantitative estimate of drug-likeness (QED) is 0.511. The summed E-state index contributed by atoms with van der Waals surface area (Å²) < 4.78 is 28.1. The third-order valence-corrected chi connectivity index (χ3v) is 7.10. The van der Waals surface area contributed by atoms with Gasteiger partial charge in [0.1, 0.15) is 0 Å². The molecule has 32 heavy (non-hydrogen) atoms. The number of hydrogen-bond donors (Lipinski definition) is 3. The van der Waals surface area contributed by atoms with E-state index in [1.54, 1.807) is 48.5 Å². The zero-order valence-corrected chi connectivity index (χ0v) is 19.0. The second kappa shape index (κ2) is 9.04. The van der Waals surface area contributed by atoms with Crippen molar-refractivity contribution in [1.82, 2.24) is 5.32 Å². The van der Waals surface area contributed by atoms with Crippen molar-refractivity contribution in [2.45, 2.75) is 37.6 Å². The van der Waals surface area contributed by atoms with E-state index in [4.69, 9.17) is 0 Å². The molecule has 0 aliphatic carbocycles. The summed E-state index contributed by atoms with van der Waals surface area (Å²) in [5.41, 5.74) is 4.84. The van der Waals surface area contributed by atoms with E-state index in [1.165, 1.54) is 0 Å². The SMILES string of the molecule is Cc1cc(C(=O)NCc2ccccc2NS(=O)(=O)c2ccccc2)c2c(c1)C(C)CCN2. The van der Waals surface area contributed by atoms with Crippen molar-refractivity contribution >= 4 is 27.3 Å². The van der Waals surface area contributed by atoms with Crippen molar-refractivity contribution in [3.8, 4) is 0 Å². The normalized spacial score (nSPS) is 15.4. The van der Waals surface area contributed by atoms with E-state index in [1.807, 2.05) is 19.1 Å². The molecule has 1 aliphatic heterocycles. The number of aryl methyl sites for hydroxylation is 1. The van der Waals surface area contributed by atoms with Crippen LogP contribution in [0, 0.1) is 6.92 Å². The summed E-state index contributed by atoms with van der Waals surface area (Å²) in [6.45, 7) is 5.20. The fraction of sp³-hybridized carbons (Fsp3) is 0.240. The van der Waals surface area contributed by atoms with Crippen LogP contribution in [0.3, 0.4) is 0 Å². The number of anilines is 2. The molecule has 0 saturated carbocycles. The van der Waals surface area contributed by atoms with Crippen molar-refractivity contribution in [3.05, 3.63) is 89.0 Å². The Bertz CT molecular complexity index is 1240. The minimum absolute atomic E-state index is 0.186. The molecule has 6 nitrogen and oxygen atoms in total. The van der Waals surface area contributed by atoms with Gasteiger partial charge in [-0.05, 0) is 60.2 Å². The molecule has 166 valence electrons. The molecule has 1 unspecified atom stereocenters. The molecule has 1 atom stereocenters. The van der Waals surface area contributed by atoms with Crippen LogP contribution in [0.25, 0.3) is 0 Å². The Morgan fingerprint density at radius 3 is 2.56 bits per heavy atom. The average Bonchev–Trinajstić information content (AvgIpc) is 2.79. The zero-order chi connectivity index (χ0) is 22.7. The highest BCUT2D eigenvalue weighted by atomic mass is 32.2. The molecule has 3 aromatic carbocycles. The molecule has 1 heterocycles. The van der Waals surface area contributed by atoms with Gasteiger partial charge in [-0.25, -0.2) is 8.42 Å². The standard InChI is InChI=1S/C25H27N3O3S/c1-17-14-21-18(2)12-13-26-24(21)22(15-17)25(29)27-16-19-8-6-7-11-23(19)28-32(30,31)20-9-4-3-5-10-20/h3-11,14-15,18,26,28H,12-13,16H2,1-2H3,(H,27,29). The van der Waals surface area contributed by atoms with Crippen molar-refractivity contribution < 1.29 is 13.2 Å². The van der Waals surface area contributed by atoms with Crippen LogP contribution in [0.2, 0.25) is 0 Å². The van der Waals surface area contributed by atoms with Crippen LogP contribution in [-0.2, 0) is 16.6 Å².